The van der Waals surface area contributed by atoms with Crippen LogP contribution in [0.1, 0.15) is 56.2 Å². The molecule has 0 aromatic carbocycles. The third-order valence-corrected chi connectivity index (χ3v) is 5.64. The van der Waals surface area contributed by atoms with E-state index in [-0.39, 0.29) is 6.04 Å². The lowest BCUT2D eigenvalue weighted by atomic mass is 9.47. The van der Waals surface area contributed by atoms with E-state index in [1.807, 2.05) is 6.92 Å². The summed E-state index contributed by atoms with van der Waals surface area (Å²) in [5.41, 5.74) is 6.87. The van der Waals surface area contributed by atoms with E-state index in [1.165, 1.54) is 38.5 Å². The van der Waals surface area contributed by atoms with Gasteiger partial charge in [-0.05, 0) is 68.6 Å². The average molecular weight is 246 g/mol. The van der Waals surface area contributed by atoms with Crippen LogP contribution < -0.4 is 5.73 Å². The molecule has 5 rings (SSSR count). The zero-order chi connectivity index (χ0) is 12.3. The molecule has 1 atom stereocenters. The van der Waals surface area contributed by atoms with Crippen LogP contribution in [-0.4, -0.2) is 15.2 Å². The molecule has 18 heavy (non-hydrogen) atoms. The minimum absolute atomic E-state index is 0.0378. The second-order valence-electron chi connectivity index (χ2n) is 7.04. The van der Waals surface area contributed by atoms with Crippen LogP contribution in [-0.2, 0) is 0 Å². The second kappa shape index (κ2) is 3.56. The van der Waals surface area contributed by atoms with Gasteiger partial charge in [-0.2, -0.15) is 5.10 Å². The Balaban J connectivity index is 1.67. The summed E-state index contributed by atoms with van der Waals surface area (Å²) < 4.78 is 0. The van der Waals surface area contributed by atoms with E-state index in [9.17, 15) is 0 Å². The summed E-state index contributed by atoms with van der Waals surface area (Å²) in [7, 11) is 0. The quantitative estimate of drug-likeness (QED) is 0.841. The highest BCUT2D eigenvalue weighted by molar-refractivity contribution is 5.10. The first kappa shape index (κ1) is 11.0. The molecular weight excluding hydrogens is 224 g/mol. The van der Waals surface area contributed by atoms with Gasteiger partial charge in [-0.3, -0.25) is 5.10 Å². The zero-order valence-electron chi connectivity index (χ0n) is 11.0. The van der Waals surface area contributed by atoms with E-state index in [1.54, 1.807) is 0 Å². The number of aromatic nitrogens is 3. The lowest BCUT2D eigenvalue weighted by molar-refractivity contribution is -0.0691. The first-order valence-electron chi connectivity index (χ1n) is 7.29. The monoisotopic (exact) mass is 246 g/mol. The van der Waals surface area contributed by atoms with E-state index < -0.39 is 0 Å². The number of hydrogen-bond acceptors (Lipinski definition) is 3. The van der Waals surface area contributed by atoms with Crippen molar-refractivity contribution in [3.05, 3.63) is 11.6 Å². The van der Waals surface area contributed by atoms with E-state index in [0.717, 1.165) is 29.4 Å². The summed E-state index contributed by atoms with van der Waals surface area (Å²) in [6.45, 7) is 1.95. The predicted octanol–water partition coefficient (Wildman–Crippen LogP) is 2.33. The lowest BCUT2D eigenvalue weighted by Gasteiger charge is -2.58. The molecular formula is C14H22N4. The maximum Gasteiger partial charge on any atom is 0.167 e. The fourth-order valence-corrected chi connectivity index (χ4v) is 5.33. The van der Waals surface area contributed by atoms with Crippen molar-refractivity contribution < 1.29 is 0 Å². The van der Waals surface area contributed by atoms with Gasteiger partial charge in [0, 0.05) is 0 Å². The number of aromatic amines is 1. The Morgan fingerprint density at radius 1 is 1.17 bits per heavy atom. The predicted molar refractivity (Wildman–Crippen MR) is 68.7 cm³/mol. The van der Waals surface area contributed by atoms with E-state index in [2.05, 4.69) is 15.2 Å². The minimum Gasteiger partial charge on any atom is -0.321 e. The highest BCUT2D eigenvalue weighted by atomic mass is 15.2. The Kier molecular flexibility index (Phi) is 2.17. The molecule has 4 fully saturated rings. The van der Waals surface area contributed by atoms with Crippen molar-refractivity contribution in [2.24, 2.45) is 28.9 Å². The molecule has 0 saturated heterocycles. The van der Waals surface area contributed by atoms with Gasteiger partial charge < -0.3 is 5.73 Å². The van der Waals surface area contributed by atoms with Crippen LogP contribution in [0, 0.1) is 30.1 Å². The zero-order valence-corrected chi connectivity index (χ0v) is 11.0. The summed E-state index contributed by atoms with van der Waals surface area (Å²) in [6.07, 6.45) is 8.31. The van der Waals surface area contributed by atoms with Crippen LogP contribution in [0.3, 0.4) is 0 Å². The molecule has 3 N–H and O–H groups in total. The van der Waals surface area contributed by atoms with Gasteiger partial charge in [-0.15, -0.1) is 0 Å². The molecule has 4 nitrogen and oxygen atoms in total. The first-order chi connectivity index (χ1) is 8.64. The molecule has 0 radical (unpaired) electrons. The normalized spacial score (nSPS) is 43.3. The average Bonchev–Trinajstić information content (AvgIpc) is 2.73. The Bertz CT molecular complexity index is 429. The highest BCUT2D eigenvalue weighted by Gasteiger charge is 2.54. The van der Waals surface area contributed by atoms with Crippen LogP contribution in [0.5, 0.6) is 0 Å². The van der Waals surface area contributed by atoms with Crippen molar-refractivity contribution in [2.45, 2.75) is 51.5 Å². The van der Waals surface area contributed by atoms with Gasteiger partial charge in [0.05, 0.1) is 6.04 Å². The second-order valence-corrected chi connectivity index (χ2v) is 7.04. The Morgan fingerprint density at radius 2 is 1.72 bits per heavy atom. The van der Waals surface area contributed by atoms with Crippen LogP contribution in [0.15, 0.2) is 0 Å². The van der Waals surface area contributed by atoms with Crippen molar-refractivity contribution in [2.75, 3.05) is 0 Å². The number of H-pyrrole nitrogens is 1. The largest absolute Gasteiger partial charge is 0.321 e. The Morgan fingerprint density at radius 3 is 2.17 bits per heavy atom. The molecule has 1 unspecified atom stereocenters. The highest BCUT2D eigenvalue weighted by Crippen LogP contribution is 2.63. The van der Waals surface area contributed by atoms with Gasteiger partial charge in [-0.1, -0.05) is 0 Å². The summed E-state index contributed by atoms with van der Waals surface area (Å²) in [6, 6.07) is 0.0378. The lowest BCUT2D eigenvalue weighted by Crippen LogP contribution is -2.51. The van der Waals surface area contributed by atoms with Crippen LogP contribution in [0.25, 0.3) is 0 Å². The van der Waals surface area contributed by atoms with Crippen molar-refractivity contribution in [3.63, 3.8) is 0 Å². The molecule has 4 saturated carbocycles. The smallest absolute Gasteiger partial charge is 0.167 e. The molecule has 1 aromatic rings. The molecule has 4 aliphatic carbocycles. The van der Waals surface area contributed by atoms with E-state index >= 15 is 0 Å². The molecule has 0 amide bonds. The number of rotatable bonds is 2. The SMILES string of the molecule is Cc1nc(C(N)C23CC4CC(CC(C4)C2)C3)n[nH]1. The van der Waals surface area contributed by atoms with Crippen molar-refractivity contribution in [1.29, 1.82) is 0 Å². The minimum atomic E-state index is 0.0378. The summed E-state index contributed by atoms with van der Waals surface area (Å²) in [5, 5.41) is 7.25. The molecule has 0 aliphatic heterocycles. The van der Waals surface area contributed by atoms with Gasteiger partial charge in [0.2, 0.25) is 0 Å². The van der Waals surface area contributed by atoms with Crippen LogP contribution in [0.4, 0.5) is 0 Å². The summed E-state index contributed by atoms with van der Waals surface area (Å²) in [4.78, 5) is 4.48. The molecule has 4 aliphatic rings. The number of nitrogens with two attached hydrogens (primary N) is 1. The summed E-state index contributed by atoms with van der Waals surface area (Å²) in [5.74, 6) is 4.52. The maximum absolute atomic E-state index is 6.56. The number of hydrogen-bond donors (Lipinski definition) is 2. The van der Waals surface area contributed by atoms with E-state index in [4.69, 9.17) is 5.73 Å². The standard InChI is InChI=1S/C14H22N4/c1-8-16-13(18-17-8)12(15)14-5-9-2-10(6-14)4-11(3-9)7-14/h9-12H,2-7,15H2,1H3,(H,16,17,18). The van der Waals surface area contributed by atoms with Crippen molar-refractivity contribution in [1.82, 2.24) is 15.2 Å². The number of nitrogens with one attached hydrogen (secondary N) is 1. The fraction of sp³-hybridized carbons (Fsp3) is 0.857. The Labute approximate surface area is 108 Å². The topological polar surface area (TPSA) is 67.6 Å². The van der Waals surface area contributed by atoms with Gasteiger partial charge in [0.25, 0.3) is 0 Å². The van der Waals surface area contributed by atoms with Gasteiger partial charge in [0.1, 0.15) is 5.82 Å². The third-order valence-electron chi connectivity index (χ3n) is 5.64. The van der Waals surface area contributed by atoms with Crippen LogP contribution >= 0.6 is 0 Å². The van der Waals surface area contributed by atoms with Crippen LogP contribution in [0.2, 0.25) is 0 Å². The molecule has 4 heteroatoms. The van der Waals surface area contributed by atoms with Gasteiger partial charge in [0.15, 0.2) is 5.82 Å². The summed E-state index contributed by atoms with van der Waals surface area (Å²) >= 11 is 0. The molecule has 1 heterocycles. The number of nitrogens with zero attached hydrogens (tertiary/aromatic N) is 2. The van der Waals surface area contributed by atoms with Crippen molar-refractivity contribution >= 4 is 0 Å². The van der Waals surface area contributed by atoms with Crippen molar-refractivity contribution in [3.8, 4) is 0 Å². The third kappa shape index (κ3) is 1.48. The fourth-order valence-electron chi connectivity index (χ4n) is 5.33. The first-order valence-corrected chi connectivity index (χ1v) is 7.29. The number of aryl methyl sites for hydroxylation is 1. The molecule has 4 bridgehead atoms. The molecule has 98 valence electrons. The molecule has 1 aromatic heterocycles. The molecule has 0 spiro atoms. The maximum atomic E-state index is 6.56. The van der Waals surface area contributed by atoms with Gasteiger partial charge in [-0.25, -0.2) is 4.98 Å². The van der Waals surface area contributed by atoms with Gasteiger partial charge >= 0.3 is 0 Å². The Hall–Kier alpha value is -0.900. The van der Waals surface area contributed by atoms with E-state index in [0.29, 0.717) is 5.41 Å².